The van der Waals surface area contributed by atoms with E-state index in [1.165, 1.54) is 5.56 Å². The van der Waals surface area contributed by atoms with Gasteiger partial charge in [0.2, 0.25) is 0 Å². The molecule has 0 amide bonds. The van der Waals surface area contributed by atoms with Gasteiger partial charge < -0.3 is 9.72 Å². The van der Waals surface area contributed by atoms with Crippen molar-refractivity contribution in [1.82, 2.24) is 19.9 Å². The molecular formula is C21H22N4O2. The third-order valence-electron chi connectivity index (χ3n) is 4.94. The first kappa shape index (κ1) is 17.4. The monoisotopic (exact) mass is 362 g/mol. The van der Waals surface area contributed by atoms with E-state index in [2.05, 4.69) is 27.0 Å². The predicted molar refractivity (Wildman–Crippen MR) is 104 cm³/mol. The fraction of sp³-hybridized carbons (Fsp3) is 0.286. The molecule has 1 aromatic carbocycles. The summed E-state index contributed by atoms with van der Waals surface area (Å²) in [5.41, 5.74) is 2.71. The van der Waals surface area contributed by atoms with E-state index in [0.29, 0.717) is 5.69 Å². The van der Waals surface area contributed by atoms with E-state index >= 15 is 0 Å². The first-order valence-electron chi connectivity index (χ1n) is 9.08. The molecule has 1 atom stereocenters. The van der Waals surface area contributed by atoms with Crippen molar-refractivity contribution in [3.8, 4) is 17.0 Å². The Morgan fingerprint density at radius 1 is 1.22 bits per heavy atom. The summed E-state index contributed by atoms with van der Waals surface area (Å²) in [6.07, 6.45) is 4.40. The van der Waals surface area contributed by atoms with Crippen molar-refractivity contribution in [3.63, 3.8) is 0 Å². The lowest BCUT2D eigenvalue weighted by Gasteiger charge is -2.16. The topological polar surface area (TPSA) is 71.1 Å². The van der Waals surface area contributed by atoms with Crippen LogP contribution in [0, 0.1) is 0 Å². The Kier molecular flexibility index (Phi) is 4.98. The molecular weight excluding hydrogens is 340 g/mol. The van der Waals surface area contributed by atoms with Gasteiger partial charge in [-0.1, -0.05) is 12.1 Å². The molecule has 2 aromatic heterocycles. The molecule has 0 saturated carbocycles. The number of nitrogens with one attached hydrogen (secondary N) is 1. The standard InChI is InChI=1S/C21H22N4O2/c1-27-18-4-2-3-15(11-18)13-25-10-7-17(14-25)21-23-19(12-20(26)24-21)16-5-8-22-9-6-16/h2-6,8-9,11-12,17H,7,10,13-14H2,1H3,(H,23,24,26)/t17-/m1/s1. The highest BCUT2D eigenvalue weighted by Crippen LogP contribution is 2.27. The summed E-state index contributed by atoms with van der Waals surface area (Å²) < 4.78 is 5.31. The Morgan fingerprint density at radius 2 is 2.07 bits per heavy atom. The minimum atomic E-state index is -0.113. The van der Waals surface area contributed by atoms with Crippen LogP contribution in [0.5, 0.6) is 5.75 Å². The molecule has 27 heavy (non-hydrogen) atoms. The molecule has 3 aromatic rings. The van der Waals surface area contributed by atoms with Crippen LogP contribution in [0.1, 0.15) is 23.7 Å². The maximum absolute atomic E-state index is 12.1. The minimum absolute atomic E-state index is 0.113. The van der Waals surface area contributed by atoms with Gasteiger partial charge in [0.25, 0.3) is 5.56 Å². The molecule has 0 spiro atoms. The molecule has 4 rings (SSSR count). The van der Waals surface area contributed by atoms with Crippen molar-refractivity contribution in [1.29, 1.82) is 0 Å². The van der Waals surface area contributed by atoms with E-state index in [9.17, 15) is 4.79 Å². The second-order valence-electron chi connectivity index (χ2n) is 6.82. The van der Waals surface area contributed by atoms with Crippen LogP contribution in [0.3, 0.4) is 0 Å². The number of ether oxygens (including phenoxy) is 1. The largest absolute Gasteiger partial charge is 0.497 e. The van der Waals surface area contributed by atoms with Crippen LogP contribution in [0.25, 0.3) is 11.3 Å². The van der Waals surface area contributed by atoms with Crippen molar-refractivity contribution in [2.45, 2.75) is 18.9 Å². The number of pyridine rings is 1. The molecule has 0 radical (unpaired) electrons. The molecule has 1 aliphatic rings. The minimum Gasteiger partial charge on any atom is -0.497 e. The van der Waals surface area contributed by atoms with Gasteiger partial charge in [-0.05, 0) is 42.8 Å². The molecule has 3 heterocycles. The zero-order valence-corrected chi connectivity index (χ0v) is 15.3. The van der Waals surface area contributed by atoms with E-state index in [4.69, 9.17) is 9.72 Å². The Labute approximate surface area is 157 Å². The fourth-order valence-corrected chi connectivity index (χ4v) is 3.57. The lowest BCUT2D eigenvalue weighted by atomic mass is 10.1. The maximum atomic E-state index is 12.1. The second-order valence-corrected chi connectivity index (χ2v) is 6.82. The molecule has 1 aliphatic heterocycles. The SMILES string of the molecule is COc1cccc(CN2CC[C@@H](c3nc(-c4ccncc4)cc(=O)[nH]3)C2)c1. The van der Waals surface area contributed by atoms with Gasteiger partial charge in [0.05, 0.1) is 12.8 Å². The van der Waals surface area contributed by atoms with Crippen molar-refractivity contribution >= 4 is 0 Å². The average Bonchev–Trinajstić information content (AvgIpc) is 3.17. The van der Waals surface area contributed by atoms with Crippen molar-refractivity contribution < 1.29 is 4.74 Å². The number of benzene rings is 1. The van der Waals surface area contributed by atoms with Gasteiger partial charge >= 0.3 is 0 Å². The Morgan fingerprint density at radius 3 is 2.89 bits per heavy atom. The van der Waals surface area contributed by atoms with Gasteiger partial charge in [0, 0.05) is 43.0 Å². The number of methoxy groups -OCH3 is 1. The van der Waals surface area contributed by atoms with Gasteiger partial charge in [0.15, 0.2) is 0 Å². The summed E-state index contributed by atoms with van der Waals surface area (Å²) >= 11 is 0. The molecule has 0 unspecified atom stereocenters. The summed E-state index contributed by atoms with van der Waals surface area (Å²) in [5, 5.41) is 0. The summed E-state index contributed by atoms with van der Waals surface area (Å²) in [7, 11) is 1.68. The fourth-order valence-electron chi connectivity index (χ4n) is 3.57. The number of H-pyrrole nitrogens is 1. The zero-order valence-electron chi connectivity index (χ0n) is 15.3. The number of nitrogens with zero attached hydrogens (tertiary/aromatic N) is 3. The molecule has 6 nitrogen and oxygen atoms in total. The van der Waals surface area contributed by atoms with E-state index in [-0.39, 0.29) is 11.5 Å². The van der Waals surface area contributed by atoms with Crippen molar-refractivity contribution in [3.05, 3.63) is 76.6 Å². The van der Waals surface area contributed by atoms with Crippen LogP contribution >= 0.6 is 0 Å². The summed E-state index contributed by atoms with van der Waals surface area (Å²) in [5.74, 6) is 1.87. The van der Waals surface area contributed by atoms with Crippen LogP contribution < -0.4 is 10.3 Å². The first-order valence-corrected chi connectivity index (χ1v) is 9.08. The molecule has 1 N–H and O–H groups in total. The van der Waals surface area contributed by atoms with Crippen LogP contribution in [0.4, 0.5) is 0 Å². The average molecular weight is 362 g/mol. The van der Waals surface area contributed by atoms with Gasteiger partial charge in [-0.15, -0.1) is 0 Å². The normalized spacial score (nSPS) is 17.1. The van der Waals surface area contributed by atoms with Crippen molar-refractivity contribution in [2.24, 2.45) is 0 Å². The highest BCUT2D eigenvalue weighted by molar-refractivity contribution is 5.57. The second kappa shape index (κ2) is 7.72. The van der Waals surface area contributed by atoms with E-state index in [1.54, 1.807) is 25.6 Å². The molecule has 1 saturated heterocycles. The van der Waals surface area contributed by atoms with Crippen LogP contribution in [-0.2, 0) is 6.54 Å². The number of rotatable bonds is 5. The predicted octanol–water partition coefficient (Wildman–Crippen LogP) is 2.83. The third-order valence-corrected chi connectivity index (χ3v) is 4.94. The number of hydrogen-bond acceptors (Lipinski definition) is 5. The Bertz CT molecular complexity index is 971. The number of aromatic nitrogens is 3. The highest BCUT2D eigenvalue weighted by atomic mass is 16.5. The maximum Gasteiger partial charge on any atom is 0.251 e. The summed E-state index contributed by atoms with van der Waals surface area (Å²) in [4.78, 5) is 26.2. The van der Waals surface area contributed by atoms with Gasteiger partial charge in [-0.3, -0.25) is 14.7 Å². The lowest BCUT2D eigenvalue weighted by Crippen LogP contribution is -2.21. The van der Waals surface area contributed by atoms with Crippen molar-refractivity contribution in [2.75, 3.05) is 20.2 Å². The summed E-state index contributed by atoms with van der Waals surface area (Å²) in [6.45, 7) is 2.72. The third kappa shape index (κ3) is 4.06. The molecule has 0 aliphatic carbocycles. The van der Waals surface area contributed by atoms with Gasteiger partial charge in [-0.2, -0.15) is 0 Å². The molecule has 6 heteroatoms. The molecule has 138 valence electrons. The Balaban J connectivity index is 1.50. The van der Waals surface area contributed by atoms with Crippen LogP contribution in [-0.4, -0.2) is 40.1 Å². The number of aromatic amines is 1. The Hall–Kier alpha value is -2.99. The quantitative estimate of drug-likeness (QED) is 0.756. The number of likely N-dealkylation sites (tertiary alicyclic amines) is 1. The zero-order chi connectivity index (χ0) is 18.6. The smallest absolute Gasteiger partial charge is 0.251 e. The lowest BCUT2D eigenvalue weighted by molar-refractivity contribution is 0.324. The van der Waals surface area contributed by atoms with Crippen LogP contribution in [0.15, 0.2) is 59.7 Å². The van der Waals surface area contributed by atoms with Gasteiger partial charge in [-0.25, -0.2) is 4.98 Å². The summed E-state index contributed by atoms with van der Waals surface area (Å²) in [6, 6.07) is 13.4. The molecule has 1 fully saturated rings. The highest BCUT2D eigenvalue weighted by Gasteiger charge is 2.26. The van der Waals surface area contributed by atoms with Crippen LogP contribution in [0.2, 0.25) is 0 Å². The van der Waals surface area contributed by atoms with E-state index in [1.807, 2.05) is 24.3 Å². The first-order chi connectivity index (χ1) is 13.2. The van der Waals surface area contributed by atoms with E-state index < -0.39 is 0 Å². The number of hydrogen-bond donors (Lipinski definition) is 1. The van der Waals surface area contributed by atoms with Gasteiger partial charge in [0.1, 0.15) is 11.6 Å². The molecule has 0 bridgehead atoms. The van der Waals surface area contributed by atoms with E-state index in [0.717, 1.165) is 43.2 Å².